The average Bonchev–Trinajstić information content (AvgIpc) is 2.66. The molecule has 7 nitrogen and oxygen atoms in total. The van der Waals surface area contributed by atoms with E-state index in [2.05, 4.69) is 0 Å². The maximum atomic E-state index is 12.0. The standard InChI is InChI=1S/C18H20N2O5S/c1-2-26(24,25)13-9-7-12(8-10-13)16(11-17(21)20-23)14-5-3-4-6-15(14)18(19)22/h3-10,16,23H,2,11H2,1H3,(H2,19,22)(H,20,21)/t16-/m1/s1. The zero-order chi connectivity index (χ0) is 19.3. The first kappa shape index (κ1) is 19.6. The topological polar surface area (TPSA) is 127 Å². The molecule has 0 aliphatic rings. The van der Waals surface area contributed by atoms with Gasteiger partial charge in [-0.15, -0.1) is 0 Å². The Labute approximate surface area is 151 Å². The molecule has 4 N–H and O–H groups in total. The molecule has 26 heavy (non-hydrogen) atoms. The molecular formula is C18H20N2O5S. The molecule has 0 saturated carbocycles. The SMILES string of the molecule is CCS(=O)(=O)c1ccc([C@@H](CC(=O)NO)c2ccccc2C(N)=O)cc1. The molecule has 0 spiro atoms. The third kappa shape index (κ3) is 4.27. The van der Waals surface area contributed by atoms with E-state index in [0.29, 0.717) is 11.1 Å². The molecule has 2 amide bonds. The zero-order valence-corrected chi connectivity index (χ0v) is 15.0. The van der Waals surface area contributed by atoms with E-state index in [4.69, 9.17) is 10.9 Å². The van der Waals surface area contributed by atoms with Crippen molar-refractivity contribution in [2.45, 2.75) is 24.2 Å². The molecule has 2 rings (SSSR count). The minimum Gasteiger partial charge on any atom is -0.366 e. The van der Waals surface area contributed by atoms with E-state index in [1.165, 1.54) is 12.1 Å². The summed E-state index contributed by atoms with van der Waals surface area (Å²) in [6.45, 7) is 1.56. The number of sulfone groups is 1. The van der Waals surface area contributed by atoms with E-state index in [1.54, 1.807) is 48.8 Å². The molecule has 0 unspecified atom stereocenters. The molecule has 0 aliphatic carbocycles. The Morgan fingerprint density at radius 1 is 1.12 bits per heavy atom. The lowest BCUT2D eigenvalue weighted by atomic mass is 9.85. The van der Waals surface area contributed by atoms with Gasteiger partial charge in [0.25, 0.3) is 0 Å². The predicted molar refractivity (Wildman–Crippen MR) is 95.5 cm³/mol. The molecule has 0 fully saturated rings. The number of hydrogen-bond acceptors (Lipinski definition) is 5. The van der Waals surface area contributed by atoms with Crippen LogP contribution in [0.4, 0.5) is 0 Å². The van der Waals surface area contributed by atoms with Crippen LogP contribution in [0.3, 0.4) is 0 Å². The van der Waals surface area contributed by atoms with E-state index in [1.807, 2.05) is 0 Å². The predicted octanol–water partition coefficient (Wildman–Crippen LogP) is 1.61. The summed E-state index contributed by atoms with van der Waals surface area (Å²) in [5, 5.41) is 8.87. The lowest BCUT2D eigenvalue weighted by Crippen LogP contribution is -2.23. The minimum absolute atomic E-state index is 0.0206. The Morgan fingerprint density at radius 3 is 2.27 bits per heavy atom. The monoisotopic (exact) mass is 376 g/mol. The van der Waals surface area contributed by atoms with Crippen molar-refractivity contribution in [3.8, 4) is 0 Å². The normalized spacial score (nSPS) is 12.4. The largest absolute Gasteiger partial charge is 0.366 e. The molecule has 0 heterocycles. The first-order valence-electron chi connectivity index (χ1n) is 7.94. The van der Waals surface area contributed by atoms with Gasteiger partial charge in [-0.3, -0.25) is 14.8 Å². The highest BCUT2D eigenvalue weighted by Crippen LogP contribution is 2.31. The molecule has 8 heteroatoms. The molecule has 1 atom stereocenters. The van der Waals surface area contributed by atoms with Gasteiger partial charge in [-0.05, 0) is 29.3 Å². The van der Waals surface area contributed by atoms with Crippen LogP contribution in [-0.2, 0) is 14.6 Å². The van der Waals surface area contributed by atoms with Crippen molar-refractivity contribution >= 4 is 21.7 Å². The van der Waals surface area contributed by atoms with Gasteiger partial charge in [0.15, 0.2) is 9.84 Å². The van der Waals surface area contributed by atoms with Gasteiger partial charge in [0.1, 0.15) is 0 Å². The van der Waals surface area contributed by atoms with E-state index < -0.39 is 27.6 Å². The summed E-state index contributed by atoms with van der Waals surface area (Å²) in [5.41, 5.74) is 8.41. The number of carbonyl (C=O) groups is 2. The number of hydrogen-bond donors (Lipinski definition) is 3. The molecule has 138 valence electrons. The van der Waals surface area contributed by atoms with E-state index >= 15 is 0 Å². The van der Waals surface area contributed by atoms with Gasteiger partial charge in [0, 0.05) is 17.9 Å². The van der Waals surface area contributed by atoms with Gasteiger partial charge < -0.3 is 5.73 Å². The van der Waals surface area contributed by atoms with Crippen LogP contribution in [0.2, 0.25) is 0 Å². The number of amides is 2. The maximum Gasteiger partial charge on any atom is 0.248 e. The second kappa shape index (κ2) is 8.11. The lowest BCUT2D eigenvalue weighted by Gasteiger charge is -2.19. The van der Waals surface area contributed by atoms with Crippen LogP contribution in [0.1, 0.15) is 40.7 Å². The van der Waals surface area contributed by atoms with Gasteiger partial charge in [-0.25, -0.2) is 13.9 Å². The van der Waals surface area contributed by atoms with Gasteiger partial charge >= 0.3 is 0 Å². The number of rotatable bonds is 7. The van der Waals surface area contributed by atoms with Gasteiger partial charge in [-0.2, -0.15) is 0 Å². The number of benzene rings is 2. The maximum absolute atomic E-state index is 12.0. The van der Waals surface area contributed by atoms with Crippen molar-refractivity contribution < 1.29 is 23.2 Å². The van der Waals surface area contributed by atoms with Gasteiger partial charge in [0.05, 0.1) is 10.6 Å². The zero-order valence-electron chi connectivity index (χ0n) is 14.2. The van der Waals surface area contributed by atoms with Crippen molar-refractivity contribution in [2.75, 3.05) is 5.75 Å². The summed E-state index contributed by atoms with van der Waals surface area (Å²) in [5.74, 6) is -1.88. The first-order chi connectivity index (χ1) is 12.3. The molecular weight excluding hydrogens is 356 g/mol. The fraction of sp³-hybridized carbons (Fsp3) is 0.222. The van der Waals surface area contributed by atoms with Crippen LogP contribution in [0.15, 0.2) is 53.4 Å². The summed E-state index contributed by atoms with van der Waals surface area (Å²) in [6.07, 6.45) is -0.138. The Hall–Kier alpha value is -2.71. The fourth-order valence-corrected chi connectivity index (χ4v) is 3.62. The molecule has 0 aliphatic heterocycles. The molecule has 0 aromatic heterocycles. The fourth-order valence-electron chi connectivity index (χ4n) is 2.74. The third-order valence-corrected chi connectivity index (χ3v) is 5.89. The summed E-state index contributed by atoms with van der Waals surface area (Å²) >= 11 is 0. The van der Waals surface area contributed by atoms with E-state index in [9.17, 15) is 18.0 Å². The second-order valence-electron chi connectivity index (χ2n) is 5.72. The van der Waals surface area contributed by atoms with E-state index in [0.717, 1.165) is 0 Å². The Bertz CT molecular complexity index is 907. The number of hydroxylamine groups is 1. The number of nitrogens with two attached hydrogens (primary N) is 1. The third-order valence-electron chi connectivity index (χ3n) is 4.14. The van der Waals surface area contributed by atoms with Gasteiger partial charge in [-0.1, -0.05) is 37.3 Å². The average molecular weight is 376 g/mol. The lowest BCUT2D eigenvalue weighted by molar-refractivity contribution is -0.129. The Morgan fingerprint density at radius 2 is 1.73 bits per heavy atom. The summed E-state index contributed by atoms with van der Waals surface area (Å²) < 4.78 is 23.9. The smallest absolute Gasteiger partial charge is 0.248 e. The minimum atomic E-state index is -3.35. The van der Waals surface area contributed by atoms with Crippen LogP contribution >= 0.6 is 0 Å². The number of nitrogens with one attached hydrogen (secondary N) is 1. The van der Waals surface area contributed by atoms with Crippen LogP contribution in [0.5, 0.6) is 0 Å². The van der Waals surface area contributed by atoms with Crippen LogP contribution in [0.25, 0.3) is 0 Å². The number of primary amides is 1. The van der Waals surface area contributed by atoms with Crippen LogP contribution in [0, 0.1) is 0 Å². The van der Waals surface area contributed by atoms with Crippen molar-refractivity contribution in [3.63, 3.8) is 0 Å². The number of carbonyl (C=O) groups excluding carboxylic acids is 2. The van der Waals surface area contributed by atoms with Crippen molar-refractivity contribution in [3.05, 3.63) is 65.2 Å². The van der Waals surface area contributed by atoms with Crippen LogP contribution in [-0.4, -0.2) is 31.2 Å². The van der Waals surface area contributed by atoms with Crippen molar-refractivity contribution in [1.82, 2.24) is 5.48 Å². The van der Waals surface area contributed by atoms with Crippen molar-refractivity contribution in [2.24, 2.45) is 5.73 Å². The second-order valence-corrected chi connectivity index (χ2v) is 7.99. The van der Waals surface area contributed by atoms with Crippen LogP contribution < -0.4 is 11.2 Å². The molecule has 2 aromatic rings. The molecule has 0 radical (unpaired) electrons. The molecule has 2 aromatic carbocycles. The summed E-state index contributed by atoms with van der Waals surface area (Å²) in [7, 11) is -3.35. The highest BCUT2D eigenvalue weighted by molar-refractivity contribution is 7.91. The Balaban J connectivity index is 2.53. The highest BCUT2D eigenvalue weighted by atomic mass is 32.2. The summed E-state index contributed by atoms with van der Waals surface area (Å²) in [4.78, 5) is 23.7. The van der Waals surface area contributed by atoms with Gasteiger partial charge in [0.2, 0.25) is 11.8 Å². The first-order valence-corrected chi connectivity index (χ1v) is 9.59. The molecule has 0 bridgehead atoms. The summed E-state index contributed by atoms with van der Waals surface area (Å²) in [6, 6.07) is 12.7. The van der Waals surface area contributed by atoms with E-state index in [-0.39, 0.29) is 22.6 Å². The molecule has 0 saturated heterocycles. The Kier molecular flexibility index (Phi) is 6.12. The van der Waals surface area contributed by atoms with Crippen molar-refractivity contribution in [1.29, 1.82) is 0 Å². The highest BCUT2D eigenvalue weighted by Gasteiger charge is 2.23. The quantitative estimate of drug-likeness (QED) is 0.500.